The van der Waals surface area contributed by atoms with E-state index >= 15 is 0 Å². The topological polar surface area (TPSA) is 79.2 Å². The number of sulfonamides is 1. The Hall–Kier alpha value is -1.56. The van der Waals surface area contributed by atoms with Crippen molar-refractivity contribution in [3.8, 4) is 11.8 Å². The molecule has 2 rings (SSSR count). The van der Waals surface area contributed by atoms with Crippen LogP contribution >= 0.6 is 27.3 Å². The molecule has 0 fully saturated rings. The molecule has 0 saturated carbocycles. The lowest BCUT2D eigenvalue weighted by molar-refractivity contribution is 0.370. The van der Waals surface area contributed by atoms with E-state index in [4.69, 9.17) is 10.00 Å². The van der Waals surface area contributed by atoms with Gasteiger partial charge in [-0.15, -0.1) is 11.3 Å². The first-order chi connectivity index (χ1) is 9.54. The number of anilines is 1. The SMILES string of the molecule is N#CCOc1ccccc1NS(=O)(=O)c1sccc1Br. The number of rotatable bonds is 5. The smallest absolute Gasteiger partial charge is 0.272 e. The van der Waals surface area contributed by atoms with Crippen molar-refractivity contribution < 1.29 is 13.2 Å². The standard InChI is InChI=1S/C12H9BrN2O3S2/c13-9-5-8-19-12(9)20(16,17)15-10-3-1-2-4-11(10)18-7-6-14/h1-5,8,15H,7H2. The minimum Gasteiger partial charge on any atom is -0.477 e. The number of hydrogen-bond donors (Lipinski definition) is 1. The molecular formula is C12H9BrN2O3S2. The Morgan fingerprint density at radius 2 is 2.10 bits per heavy atom. The molecule has 0 radical (unpaired) electrons. The highest BCUT2D eigenvalue weighted by molar-refractivity contribution is 9.10. The molecule has 0 aliphatic heterocycles. The Balaban J connectivity index is 2.31. The lowest BCUT2D eigenvalue weighted by Crippen LogP contribution is -2.13. The molecule has 1 aromatic carbocycles. The zero-order chi connectivity index (χ0) is 14.6. The van der Waals surface area contributed by atoms with Crippen LogP contribution in [0.1, 0.15) is 0 Å². The fourth-order valence-electron chi connectivity index (χ4n) is 1.45. The lowest BCUT2D eigenvalue weighted by Gasteiger charge is -2.11. The Morgan fingerprint density at radius 3 is 2.75 bits per heavy atom. The van der Waals surface area contributed by atoms with Gasteiger partial charge in [-0.25, -0.2) is 8.42 Å². The van der Waals surface area contributed by atoms with Crippen molar-refractivity contribution in [2.75, 3.05) is 11.3 Å². The fraction of sp³-hybridized carbons (Fsp3) is 0.0833. The second kappa shape index (κ2) is 6.26. The molecule has 8 heteroatoms. The summed E-state index contributed by atoms with van der Waals surface area (Å²) in [5.41, 5.74) is 0.294. The maximum atomic E-state index is 12.3. The van der Waals surface area contributed by atoms with Gasteiger partial charge in [-0.1, -0.05) is 12.1 Å². The van der Waals surface area contributed by atoms with Gasteiger partial charge in [0.15, 0.2) is 10.8 Å². The summed E-state index contributed by atoms with van der Waals surface area (Å²) in [5, 5.41) is 10.2. The van der Waals surface area contributed by atoms with Gasteiger partial charge in [-0.3, -0.25) is 4.72 Å². The van der Waals surface area contributed by atoms with E-state index in [2.05, 4.69) is 20.7 Å². The first kappa shape index (κ1) is 14.8. The van der Waals surface area contributed by atoms with Gasteiger partial charge in [0, 0.05) is 4.47 Å². The number of hydrogen-bond acceptors (Lipinski definition) is 5. The number of nitrogens with one attached hydrogen (secondary N) is 1. The molecular weight excluding hydrogens is 364 g/mol. The maximum absolute atomic E-state index is 12.3. The molecule has 0 unspecified atom stereocenters. The van der Waals surface area contributed by atoms with Crippen LogP contribution in [0.15, 0.2) is 44.4 Å². The predicted molar refractivity (Wildman–Crippen MR) is 80.4 cm³/mol. The first-order valence-electron chi connectivity index (χ1n) is 5.39. The number of para-hydroxylation sites is 2. The summed E-state index contributed by atoms with van der Waals surface area (Å²) in [7, 11) is -3.69. The van der Waals surface area contributed by atoms with Crippen LogP contribution in [0.4, 0.5) is 5.69 Å². The minimum absolute atomic E-state index is 0.151. The minimum atomic E-state index is -3.69. The van der Waals surface area contributed by atoms with Crippen molar-refractivity contribution in [3.05, 3.63) is 40.2 Å². The van der Waals surface area contributed by atoms with E-state index in [9.17, 15) is 8.42 Å². The van der Waals surface area contributed by atoms with Gasteiger partial charge in [0.25, 0.3) is 10.0 Å². The highest BCUT2D eigenvalue weighted by Gasteiger charge is 2.20. The summed E-state index contributed by atoms with van der Waals surface area (Å²) < 4.78 is 32.8. The maximum Gasteiger partial charge on any atom is 0.272 e. The summed E-state index contributed by atoms with van der Waals surface area (Å²) in [6, 6.07) is 10.1. The molecule has 20 heavy (non-hydrogen) atoms. The second-order valence-corrected chi connectivity index (χ2v) is 7.25. The van der Waals surface area contributed by atoms with Gasteiger partial charge >= 0.3 is 0 Å². The summed E-state index contributed by atoms with van der Waals surface area (Å²) in [4.78, 5) is 0. The first-order valence-corrected chi connectivity index (χ1v) is 8.55. The molecule has 1 heterocycles. The molecule has 0 atom stereocenters. The molecule has 0 amide bonds. The Labute approximate surface area is 129 Å². The van der Waals surface area contributed by atoms with Crippen molar-refractivity contribution in [2.24, 2.45) is 0 Å². The second-order valence-electron chi connectivity index (χ2n) is 3.60. The Kier molecular flexibility index (Phi) is 4.65. The molecule has 0 aliphatic carbocycles. The number of nitriles is 1. The van der Waals surface area contributed by atoms with Gasteiger partial charge in [0.05, 0.1) is 5.69 Å². The molecule has 5 nitrogen and oxygen atoms in total. The largest absolute Gasteiger partial charge is 0.477 e. The monoisotopic (exact) mass is 372 g/mol. The van der Waals surface area contributed by atoms with Crippen molar-refractivity contribution in [2.45, 2.75) is 4.21 Å². The van der Waals surface area contributed by atoms with Crippen LogP contribution in [-0.2, 0) is 10.0 Å². The van der Waals surface area contributed by atoms with Crippen molar-refractivity contribution in [1.82, 2.24) is 0 Å². The van der Waals surface area contributed by atoms with E-state index in [1.54, 1.807) is 35.7 Å². The fourth-order valence-corrected chi connectivity index (χ4v) is 4.86. The van der Waals surface area contributed by atoms with E-state index in [1.807, 2.05) is 6.07 Å². The average molecular weight is 373 g/mol. The third-order valence-corrected chi connectivity index (χ3v) is 6.29. The van der Waals surface area contributed by atoms with Gasteiger partial charge in [0.2, 0.25) is 0 Å². The zero-order valence-corrected chi connectivity index (χ0v) is 13.3. The Morgan fingerprint density at radius 1 is 1.35 bits per heavy atom. The van der Waals surface area contributed by atoms with E-state index in [0.717, 1.165) is 11.3 Å². The van der Waals surface area contributed by atoms with E-state index in [-0.39, 0.29) is 10.8 Å². The van der Waals surface area contributed by atoms with Crippen LogP contribution in [0, 0.1) is 11.3 Å². The highest BCUT2D eigenvalue weighted by atomic mass is 79.9. The van der Waals surface area contributed by atoms with Crippen LogP contribution in [0.2, 0.25) is 0 Å². The normalized spacial score (nSPS) is 10.8. The number of thiophene rings is 1. The summed E-state index contributed by atoms with van der Waals surface area (Å²) in [6.45, 7) is -0.151. The summed E-state index contributed by atoms with van der Waals surface area (Å²) >= 11 is 4.30. The lowest BCUT2D eigenvalue weighted by atomic mass is 10.3. The molecule has 0 spiro atoms. The van der Waals surface area contributed by atoms with E-state index in [0.29, 0.717) is 15.9 Å². The highest BCUT2D eigenvalue weighted by Crippen LogP contribution is 2.32. The number of halogens is 1. The van der Waals surface area contributed by atoms with Crippen molar-refractivity contribution >= 4 is 43.0 Å². The van der Waals surface area contributed by atoms with Crippen LogP contribution in [0.3, 0.4) is 0 Å². The van der Waals surface area contributed by atoms with Gasteiger partial charge < -0.3 is 4.74 Å². The zero-order valence-electron chi connectivity index (χ0n) is 10.0. The van der Waals surface area contributed by atoms with Crippen LogP contribution in [-0.4, -0.2) is 15.0 Å². The third-order valence-electron chi connectivity index (χ3n) is 2.25. The van der Waals surface area contributed by atoms with Crippen molar-refractivity contribution in [1.29, 1.82) is 5.26 Å². The number of ether oxygens (including phenoxy) is 1. The molecule has 0 aliphatic rings. The van der Waals surface area contributed by atoms with Gasteiger partial charge in [0.1, 0.15) is 11.8 Å². The van der Waals surface area contributed by atoms with Crippen LogP contribution in [0.25, 0.3) is 0 Å². The third kappa shape index (κ3) is 3.30. The van der Waals surface area contributed by atoms with Crippen LogP contribution < -0.4 is 9.46 Å². The average Bonchev–Trinajstić information content (AvgIpc) is 2.84. The summed E-state index contributed by atoms with van der Waals surface area (Å²) in [5.74, 6) is 0.310. The summed E-state index contributed by atoms with van der Waals surface area (Å²) in [6.07, 6.45) is 0. The number of nitrogens with zero attached hydrogens (tertiary/aromatic N) is 1. The van der Waals surface area contributed by atoms with E-state index in [1.165, 1.54) is 0 Å². The molecule has 104 valence electrons. The number of benzene rings is 1. The van der Waals surface area contributed by atoms with Crippen molar-refractivity contribution in [3.63, 3.8) is 0 Å². The molecule has 1 N–H and O–H groups in total. The molecule has 0 bridgehead atoms. The predicted octanol–water partition coefficient (Wildman–Crippen LogP) is 3.21. The molecule has 0 saturated heterocycles. The molecule has 2 aromatic rings. The van der Waals surface area contributed by atoms with Crippen LogP contribution in [0.5, 0.6) is 5.75 Å². The van der Waals surface area contributed by atoms with E-state index < -0.39 is 10.0 Å². The Bertz CT molecular complexity index is 750. The molecule has 1 aromatic heterocycles. The van der Waals surface area contributed by atoms with Gasteiger partial charge in [-0.2, -0.15) is 5.26 Å². The quantitative estimate of drug-likeness (QED) is 0.873. The van der Waals surface area contributed by atoms with Gasteiger partial charge in [-0.05, 0) is 39.5 Å².